The largest absolute Gasteiger partial charge is 0.481 e. The van der Waals surface area contributed by atoms with E-state index in [1.165, 1.54) is 4.68 Å². The Labute approximate surface area is 180 Å². The molecule has 1 aromatic carbocycles. The minimum absolute atomic E-state index is 0.0345. The second-order valence-corrected chi connectivity index (χ2v) is 7.50. The van der Waals surface area contributed by atoms with Crippen molar-refractivity contribution in [2.45, 2.75) is 25.4 Å². The number of piperazine rings is 1. The van der Waals surface area contributed by atoms with Crippen molar-refractivity contribution in [3.05, 3.63) is 47.8 Å². The van der Waals surface area contributed by atoms with Gasteiger partial charge in [-0.1, -0.05) is 35.5 Å². The molecule has 0 saturated carbocycles. The second-order valence-electron chi connectivity index (χ2n) is 7.50. The molecule has 1 aliphatic rings. The monoisotopic (exact) mass is 428 g/mol. The number of benzene rings is 1. The predicted octanol–water partition coefficient (Wildman–Crippen LogP) is -0.336. The number of aromatic nitrogens is 3. The van der Waals surface area contributed by atoms with Crippen LogP contribution in [0.15, 0.2) is 36.5 Å². The van der Waals surface area contributed by atoms with Gasteiger partial charge in [-0.2, -0.15) is 0 Å². The average molecular weight is 428 g/mol. The van der Waals surface area contributed by atoms with E-state index in [-0.39, 0.29) is 24.8 Å². The molecule has 166 valence electrons. The predicted molar refractivity (Wildman–Crippen MR) is 113 cm³/mol. The number of hydrogen-bond donors (Lipinski definition) is 4. The first-order valence-electron chi connectivity index (χ1n) is 10.2. The van der Waals surface area contributed by atoms with Crippen LogP contribution in [0.1, 0.15) is 23.7 Å². The number of carbonyl (C=O) groups excluding carboxylic acids is 1. The standard InChI is InChI=1S/C20H28N8O3/c21-20(22)27-10-8-26(9-11-27)7-6-16-13-28(25-24-16)14-18(29)23-17(12-19(30)31)15-4-2-1-3-5-15/h1-5,13,17H,6-12,14H2,(H3,21,22)(H,23,29)(H,30,31)/t17-/m0/s1. The Kier molecular flexibility index (Phi) is 7.55. The zero-order chi connectivity index (χ0) is 22.2. The van der Waals surface area contributed by atoms with Crippen molar-refractivity contribution in [2.75, 3.05) is 32.7 Å². The molecule has 1 aromatic heterocycles. The van der Waals surface area contributed by atoms with Crippen LogP contribution in [0.3, 0.4) is 0 Å². The SMILES string of the molecule is N=C(N)N1CCN(CCc2cn(CC(=O)N[C@@H](CC(=O)O)c3ccccc3)nn2)CC1. The van der Waals surface area contributed by atoms with Crippen molar-refractivity contribution in [1.29, 1.82) is 5.41 Å². The average Bonchev–Trinajstić information content (AvgIpc) is 3.19. The Bertz CT molecular complexity index is 893. The summed E-state index contributed by atoms with van der Waals surface area (Å²) in [6.45, 7) is 3.92. The first-order valence-corrected chi connectivity index (χ1v) is 10.2. The highest BCUT2D eigenvalue weighted by Gasteiger charge is 2.19. The van der Waals surface area contributed by atoms with Crippen LogP contribution in [-0.4, -0.2) is 80.5 Å². The Morgan fingerprint density at radius 1 is 1.19 bits per heavy atom. The number of nitrogens with zero attached hydrogens (tertiary/aromatic N) is 5. The van der Waals surface area contributed by atoms with Gasteiger partial charge >= 0.3 is 5.97 Å². The molecule has 1 saturated heterocycles. The molecule has 1 amide bonds. The van der Waals surface area contributed by atoms with Gasteiger partial charge in [-0.05, 0) is 5.56 Å². The van der Waals surface area contributed by atoms with Crippen molar-refractivity contribution < 1.29 is 14.7 Å². The maximum atomic E-state index is 12.4. The normalized spacial score (nSPS) is 15.4. The van der Waals surface area contributed by atoms with Crippen molar-refractivity contribution in [3.63, 3.8) is 0 Å². The van der Waals surface area contributed by atoms with Crippen LogP contribution in [0.4, 0.5) is 0 Å². The van der Waals surface area contributed by atoms with Crippen molar-refractivity contribution >= 4 is 17.8 Å². The van der Waals surface area contributed by atoms with Gasteiger partial charge in [0.1, 0.15) is 6.54 Å². The van der Waals surface area contributed by atoms with Crippen LogP contribution in [0.5, 0.6) is 0 Å². The van der Waals surface area contributed by atoms with E-state index < -0.39 is 12.0 Å². The van der Waals surface area contributed by atoms with Crippen LogP contribution in [0, 0.1) is 5.41 Å². The van der Waals surface area contributed by atoms with Crippen molar-refractivity contribution in [1.82, 2.24) is 30.1 Å². The third-order valence-corrected chi connectivity index (χ3v) is 5.20. The molecule has 3 rings (SSSR count). The van der Waals surface area contributed by atoms with E-state index >= 15 is 0 Å². The third kappa shape index (κ3) is 6.78. The van der Waals surface area contributed by atoms with Gasteiger partial charge in [-0.3, -0.25) is 19.9 Å². The van der Waals surface area contributed by atoms with Crippen LogP contribution in [0.2, 0.25) is 0 Å². The summed E-state index contributed by atoms with van der Waals surface area (Å²) in [4.78, 5) is 27.7. The molecular formula is C20H28N8O3. The number of nitrogens with two attached hydrogens (primary N) is 1. The highest BCUT2D eigenvalue weighted by molar-refractivity contribution is 5.77. The fourth-order valence-corrected chi connectivity index (χ4v) is 3.51. The number of hydrogen-bond acceptors (Lipinski definition) is 6. The summed E-state index contributed by atoms with van der Waals surface area (Å²) in [5.41, 5.74) is 7.04. The summed E-state index contributed by atoms with van der Waals surface area (Å²) in [6.07, 6.45) is 2.24. The van der Waals surface area contributed by atoms with Gasteiger partial charge < -0.3 is 21.1 Å². The molecule has 2 aromatic rings. The number of carbonyl (C=O) groups is 2. The minimum atomic E-state index is -0.985. The van der Waals surface area contributed by atoms with Gasteiger partial charge in [-0.15, -0.1) is 5.10 Å². The van der Waals surface area contributed by atoms with E-state index in [9.17, 15) is 9.59 Å². The Morgan fingerprint density at radius 3 is 2.55 bits per heavy atom. The Balaban J connectivity index is 1.48. The number of rotatable bonds is 9. The number of guanidine groups is 1. The van der Waals surface area contributed by atoms with Crippen LogP contribution >= 0.6 is 0 Å². The van der Waals surface area contributed by atoms with Gasteiger partial charge in [0, 0.05) is 45.3 Å². The fraction of sp³-hybridized carbons (Fsp3) is 0.450. The van der Waals surface area contributed by atoms with E-state index in [0.717, 1.165) is 44.0 Å². The summed E-state index contributed by atoms with van der Waals surface area (Å²) in [5.74, 6) is -1.20. The highest BCUT2D eigenvalue weighted by atomic mass is 16.4. The molecule has 11 nitrogen and oxygen atoms in total. The van der Waals surface area contributed by atoms with Gasteiger partial charge in [0.25, 0.3) is 0 Å². The second kappa shape index (κ2) is 10.5. The number of nitrogens with one attached hydrogen (secondary N) is 2. The van der Waals surface area contributed by atoms with E-state index in [4.69, 9.17) is 16.2 Å². The van der Waals surface area contributed by atoms with Gasteiger partial charge in [-0.25, -0.2) is 4.68 Å². The van der Waals surface area contributed by atoms with E-state index in [1.54, 1.807) is 30.5 Å². The van der Waals surface area contributed by atoms with E-state index in [2.05, 4.69) is 20.5 Å². The lowest BCUT2D eigenvalue weighted by Crippen LogP contribution is -2.51. The molecular weight excluding hydrogens is 400 g/mol. The number of carboxylic acids is 1. The van der Waals surface area contributed by atoms with Gasteiger partial charge in [0.15, 0.2) is 5.96 Å². The number of amides is 1. The molecule has 2 heterocycles. The molecule has 0 aliphatic carbocycles. The molecule has 0 spiro atoms. The first-order chi connectivity index (χ1) is 14.9. The third-order valence-electron chi connectivity index (χ3n) is 5.20. The molecule has 5 N–H and O–H groups in total. The van der Waals surface area contributed by atoms with E-state index in [1.807, 2.05) is 11.0 Å². The topological polar surface area (TPSA) is 153 Å². The smallest absolute Gasteiger partial charge is 0.305 e. The number of carboxylic acid groups (broad SMARTS) is 1. The molecule has 0 unspecified atom stereocenters. The zero-order valence-corrected chi connectivity index (χ0v) is 17.3. The molecule has 1 aliphatic heterocycles. The van der Waals surface area contributed by atoms with Crippen molar-refractivity contribution in [3.8, 4) is 0 Å². The van der Waals surface area contributed by atoms with Gasteiger partial charge in [0.05, 0.1) is 18.2 Å². The molecule has 1 atom stereocenters. The maximum absolute atomic E-state index is 12.4. The summed E-state index contributed by atoms with van der Waals surface area (Å²) in [7, 11) is 0. The fourth-order valence-electron chi connectivity index (χ4n) is 3.51. The summed E-state index contributed by atoms with van der Waals surface area (Å²) < 4.78 is 1.46. The molecule has 0 bridgehead atoms. The first kappa shape index (κ1) is 22.2. The highest BCUT2D eigenvalue weighted by Crippen LogP contribution is 2.16. The molecule has 1 fully saturated rings. The van der Waals surface area contributed by atoms with Crippen LogP contribution in [0.25, 0.3) is 0 Å². The van der Waals surface area contributed by atoms with Crippen molar-refractivity contribution in [2.24, 2.45) is 5.73 Å². The lowest BCUT2D eigenvalue weighted by atomic mass is 10.0. The molecule has 11 heteroatoms. The summed E-state index contributed by atoms with van der Waals surface area (Å²) >= 11 is 0. The van der Waals surface area contributed by atoms with E-state index in [0.29, 0.717) is 6.42 Å². The van der Waals surface area contributed by atoms with Crippen LogP contribution in [-0.2, 0) is 22.6 Å². The Morgan fingerprint density at radius 2 is 1.90 bits per heavy atom. The van der Waals surface area contributed by atoms with Gasteiger partial charge in [0.2, 0.25) is 5.91 Å². The Hall–Kier alpha value is -3.47. The van der Waals surface area contributed by atoms with Crippen LogP contribution < -0.4 is 11.1 Å². The minimum Gasteiger partial charge on any atom is -0.481 e. The number of aliphatic carboxylic acids is 1. The lowest BCUT2D eigenvalue weighted by molar-refractivity contribution is -0.137. The lowest BCUT2D eigenvalue weighted by Gasteiger charge is -2.34. The summed E-state index contributed by atoms with van der Waals surface area (Å²) in [6, 6.07) is 8.42. The summed E-state index contributed by atoms with van der Waals surface area (Å²) in [5, 5.41) is 27.5. The zero-order valence-electron chi connectivity index (χ0n) is 17.3. The quantitative estimate of drug-likeness (QED) is 0.313. The maximum Gasteiger partial charge on any atom is 0.305 e. The molecule has 0 radical (unpaired) electrons. The molecule has 31 heavy (non-hydrogen) atoms.